The van der Waals surface area contributed by atoms with E-state index in [4.69, 9.17) is 0 Å². The molecule has 2 aliphatic rings. The molecule has 82 valence electrons. The Labute approximate surface area is 88.9 Å². The molecule has 2 rings (SSSR count). The van der Waals surface area contributed by atoms with Gasteiger partial charge in [-0.25, -0.2) is 0 Å². The highest BCUT2D eigenvalue weighted by atomic mass is 15.2. The van der Waals surface area contributed by atoms with E-state index in [1.54, 1.807) is 0 Å². The van der Waals surface area contributed by atoms with Gasteiger partial charge < -0.3 is 0 Å². The Kier molecular flexibility index (Phi) is 2.88. The van der Waals surface area contributed by atoms with Gasteiger partial charge in [-0.1, -0.05) is 12.8 Å². The van der Waals surface area contributed by atoms with Crippen LogP contribution in [0.1, 0.15) is 59.3 Å². The summed E-state index contributed by atoms with van der Waals surface area (Å²) < 4.78 is 0. The van der Waals surface area contributed by atoms with Gasteiger partial charge in [-0.2, -0.15) is 0 Å². The van der Waals surface area contributed by atoms with Crippen LogP contribution in [0.4, 0.5) is 0 Å². The van der Waals surface area contributed by atoms with E-state index in [-0.39, 0.29) is 0 Å². The molecule has 2 atom stereocenters. The van der Waals surface area contributed by atoms with E-state index in [9.17, 15) is 0 Å². The molecular weight excluding hydrogens is 170 g/mol. The second kappa shape index (κ2) is 3.84. The Bertz CT molecular complexity index is 192. The summed E-state index contributed by atoms with van der Waals surface area (Å²) in [6.45, 7) is 8.48. The first kappa shape index (κ1) is 10.5. The fourth-order valence-corrected chi connectivity index (χ4v) is 3.35. The first-order valence-corrected chi connectivity index (χ1v) is 6.34. The number of fused-ring (bicyclic) bond motifs is 3. The molecule has 1 heteroatoms. The maximum atomic E-state index is 2.77. The van der Waals surface area contributed by atoms with Crippen LogP contribution in [-0.2, 0) is 0 Å². The molecule has 2 unspecified atom stereocenters. The smallest absolute Gasteiger partial charge is 0.0127 e. The Balaban J connectivity index is 2.11. The maximum Gasteiger partial charge on any atom is 0.0127 e. The summed E-state index contributed by atoms with van der Waals surface area (Å²) in [5, 5.41) is 0. The third kappa shape index (κ3) is 2.13. The van der Waals surface area contributed by atoms with Crippen LogP contribution in [-0.4, -0.2) is 23.0 Å². The molecule has 0 aromatic heterocycles. The van der Waals surface area contributed by atoms with Crippen LogP contribution in [0.25, 0.3) is 0 Å². The SMILES string of the molecule is CC(C)(C)N1CCC2CCCC1CC2. The third-order valence-electron chi connectivity index (χ3n) is 4.14. The van der Waals surface area contributed by atoms with Crippen molar-refractivity contribution in [3.8, 4) is 0 Å². The quantitative estimate of drug-likeness (QED) is 0.572. The normalized spacial score (nSPS) is 35.4. The van der Waals surface area contributed by atoms with Crippen molar-refractivity contribution in [3.05, 3.63) is 0 Å². The number of hydrogen-bond donors (Lipinski definition) is 0. The highest BCUT2D eigenvalue weighted by Gasteiger charge is 2.33. The highest BCUT2D eigenvalue weighted by Crippen LogP contribution is 2.35. The summed E-state index contributed by atoms with van der Waals surface area (Å²) >= 11 is 0. The van der Waals surface area contributed by atoms with Crippen molar-refractivity contribution in [2.45, 2.75) is 70.9 Å². The fourth-order valence-electron chi connectivity index (χ4n) is 3.35. The monoisotopic (exact) mass is 195 g/mol. The topological polar surface area (TPSA) is 3.24 Å². The van der Waals surface area contributed by atoms with Crippen molar-refractivity contribution in [3.63, 3.8) is 0 Å². The Morgan fingerprint density at radius 3 is 2.43 bits per heavy atom. The average Bonchev–Trinajstić information content (AvgIpc) is 2.32. The van der Waals surface area contributed by atoms with Crippen LogP contribution < -0.4 is 0 Å². The molecule has 14 heavy (non-hydrogen) atoms. The van der Waals surface area contributed by atoms with Crippen molar-refractivity contribution in [1.29, 1.82) is 0 Å². The van der Waals surface area contributed by atoms with Crippen molar-refractivity contribution in [1.82, 2.24) is 4.90 Å². The van der Waals surface area contributed by atoms with Gasteiger partial charge >= 0.3 is 0 Å². The maximum absolute atomic E-state index is 2.77. The largest absolute Gasteiger partial charge is 0.296 e. The van der Waals surface area contributed by atoms with Gasteiger partial charge in [0.2, 0.25) is 0 Å². The van der Waals surface area contributed by atoms with Gasteiger partial charge in [-0.15, -0.1) is 0 Å². The molecule has 2 bridgehead atoms. The standard InChI is InChI=1S/C13H25N/c1-13(2,3)14-10-9-11-5-4-6-12(14)8-7-11/h11-12H,4-10H2,1-3H3. The predicted molar refractivity (Wildman–Crippen MR) is 61.4 cm³/mol. The zero-order chi connectivity index (χ0) is 10.2. The van der Waals surface area contributed by atoms with Gasteiger partial charge in [-0.05, 0) is 58.9 Å². The Morgan fingerprint density at radius 1 is 0.929 bits per heavy atom. The summed E-state index contributed by atoms with van der Waals surface area (Å²) in [6, 6.07) is 0.891. The highest BCUT2D eigenvalue weighted by molar-refractivity contribution is 4.88. The molecule has 2 fully saturated rings. The molecule has 1 nitrogen and oxygen atoms in total. The molecule has 1 heterocycles. The molecule has 1 aliphatic heterocycles. The molecule has 1 aliphatic carbocycles. The van der Waals surface area contributed by atoms with Gasteiger partial charge in [0, 0.05) is 11.6 Å². The van der Waals surface area contributed by atoms with Crippen LogP contribution in [0, 0.1) is 5.92 Å². The van der Waals surface area contributed by atoms with Gasteiger partial charge in [0.1, 0.15) is 0 Å². The van der Waals surface area contributed by atoms with Crippen LogP contribution in [0.15, 0.2) is 0 Å². The Hall–Kier alpha value is -0.0400. The van der Waals surface area contributed by atoms with Crippen molar-refractivity contribution >= 4 is 0 Å². The minimum absolute atomic E-state index is 0.386. The zero-order valence-corrected chi connectivity index (χ0v) is 10.1. The first-order valence-electron chi connectivity index (χ1n) is 6.34. The average molecular weight is 195 g/mol. The molecule has 0 aromatic rings. The second-order valence-electron chi connectivity index (χ2n) is 6.18. The van der Waals surface area contributed by atoms with Gasteiger partial charge in [0.05, 0.1) is 0 Å². The lowest BCUT2D eigenvalue weighted by atomic mass is 9.95. The molecule has 0 amide bonds. The molecule has 0 N–H and O–H groups in total. The summed E-state index contributed by atoms with van der Waals surface area (Å²) in [4.78, 5) is 2.77. The third-order valence-corrected chi connectivity index (χ3v) is 4.14. The lowest BCUT2D eigenvalue weighted by Crippen LogP contribution is -2.48. The van der Waals surface area contributed by atoms with Crippen molar-refractivity contribution in [2.75, 3.05) is 6.54 Å². The summed E-state index contributed by atoms with van der Waals surface area (Å²) in [5.41, 5.74) is 0.386. The fraction of sp³-hybridized carbons (Fsp3) is 1.00. The van der Waals surface area contributed by atoms with Gasteiger partial charge in [0.15, 0.2) is 0 Å². The van der Waals surface area contributed by atoms with E-state index in [1.807, 2.05) is 0 Å². The Morgan fingerprint density at radius 2 is 1.71 bits per heavy atom. The number of nitrogens with zero attached hydrogens (tertiary/aromatic N) is 1. The van der Waals surface area contributed by atoms with E-state index in [0.717, 1.165) is 12.0 Å². The second-order valence-corrected chi connectivity index (χ2v) is 6.18. The lowest BCUT2D eigenvalue weighted by molar-refractivity contribution is 0.0736. The lowest BCUT2D eigenvalue weighted by Gasteiger charge is -2.41. The van der Waals surface area contributed by atoms with E-state index in [1.165, 1.54) is 45.1 Å². The molecule has 0 radical (unpaired) electrons. The number of hydrogen-bond acceptors (Lipinski definition) is 1. The first-order chi connectivity index (χ1) is 6.57. The molecule has 0 spiro atoms. The van der Waals surface area contributed by atoms with Crippen molar-refractivity contribution < 1.29 is 0 Å². The molecular formula is C13H25N. The van der Waals surface area contributed by atoms with E-state index >= 15 is 0 Å². The molecule has 1 saturated carbocycles. The minimum atomic E-state index is 0.386. The summed E-state index contributed by atoms with van der Waals surface area (Å²) in [7, 11) is 0. The summed E-state index contributed by atoms with van der Waals surface area (Å²) in [5.74, 6) is 1.05. The molecule has 1 saturated heterocycles. The van der Waals surface area contributed by atoms with Crippen LogP contribution in [0.5, 0.6) is 0 Å². The zero-order valence-electron chi connectivity index (χ0n) is 10.1. The van der Waals surface area contributed by atoms with Gasteiger partial charge in [-0.3, -0.25) is 4.90 Å². The molecule has 0 aromatic carbocycles. The number of likely N-dealkylation sites (tertiary alicyclic amines) is 1. The minimum Gasteiger partial charge on any atom is -0.296 e. The van der Waals surface area contributed by atoms with E-state index in [2.05, 4.69) is 25.7 Å². The van der Waals surface area contributed by atoms with E-state index in [0.29, 0.717) is 5.54 Å². The van der Waals surface area contributed by atoms with Crippen LogP contribution in [0.3, 0.4) is 0 Å². The van der Waals surface area contributed by atoms with E-state index < -0.39 is 0 Å². The van der Waals surface area contributed by atoms with Gasteiger partial charge in [0.25, 0.3) is 0 Å². The van der Waals surface area contributed by atoms with Crippen LogP contribution in [0.2, 0.25) is 0 Å². The van der Waals surface area contributed by atoms with Crippen LogP contribution >= 0.6 is 0 Å². The predicted octanol–water partition coefficient (Wildman–Crippen LogP) is 3.44. The summed E-state index contributed by atoms with van der Waals surface area (Å²) in [6.07, 6.45) is 8.84. The number of rotatable bonds is 0. The van der Waals surface area contributed by atoms with Crippen molar-refractivity contribution in [2.24, 2.45) is 5.92 Å².